The van der Waals surface area contributed by atoms with Crippen molar-refractivity contribution in [3.8, 4) is 0 Å². The number of ether oxygens (including phenoxy) is 1. The van der Waals surface area contributed by atoms with Gasteiger partial charge < -0.3 is 14.1 Å². The third kappa shape index (κ3) is 4.75. The molecular formula is C28H30F3N3O3. The molecule has 3 aromatic rings. The minimum Gasteiger partial charge on any atom is -0.465 e. The molecule has 2 aromatic carbocycles. The van der Waals surface area contributed by atoms with Gasteiger partial charge in [0.25, 0.3) is 5.91 Å². The number of furan rings is 1. The van der Waals surface area contributed by atoms with Gasteiger partial charge in [0.2, 0.25) is 0 Å². The Bertz CT molecular complexity index is 1340. The molecule has 0 saturated carbocycles. The van der Waals surface area contributed by atoms with Gasteiger partial charge in [0.15, 0.2) is 11.4 Å². The molecule has 9 heteroatoms. The summed E-state index contributed by atoms with van der Waals surface area (Å²) in [5, 5.41) is 5.87. The van der Waals surface area contributed by atoms with E-state index in [2.05, 4.69) is 5.10 Å². The van der Waals surface area contributed by atoms with Crippen LogP contribution in [-0.2, 0) is 16.0 Å². The smallest absolute Gasteiger partial charge is 0.251 e. The Labute approximate surface area is 214 Å². The number of halogens is 3. The van der Waals surface area contributed by atoms with Crippen LogP contribution in [0.5, 0.6) is 0 Å². The average molecular weight is 514 g/mol. The second kappa shape index (κ2) is 10.4. The quantitative estimate of drug-likeness (QED) is 0.403. The number of hydrogen-bond acceptors (Lipinski definition) is 5. The van der Waals surface area contributed by atoms with E-state index < -0.39 is 34.8 Å². The number of hydrogen-bond donors (Lipinski definition) is 0. The van der Waals surface area contributed by atoms with Crippen LogP contribution in [0.3, 0.4) is 0 Å². The number of hydrazone groups is 1. The summed E-state index contributed by atoms with van der Waals surface area (Å²) in [6.07, 6.45) is 0.604. The molecule has 1 aromatic heterocycles. The van der Waals surface area contributed by atoms with E-state index in [1.54, 1.807) is 45.2 Å². The van der Waals surface area contributed by atoms with Crippen molar-refractivity contribution in [2.24, 2.45) is 5.10 Å². The number of carbonyl (C=O) groups excluding carboxylic acids is 1. The maximum atomic E-state index is 15.3. The third-order valence-corrected chi connectivity index (χ3v) is 6.75. The van der Waals surface area contributed by atoms with E-state index in [4.69, 9.17) is 9.15 Å². The number of anilines is 1. The first-order valence-corrected chi connectivity index (χ1v) is 12.0. The summed E-state index contributed by atoms with van der Waals surface area (Å²) in [5.41, 5.74) is -0.631. The fourth-order valence-electron chi connectivity index (χ4n) is 4.73. The maximum Gasteiger partial charge on any atom is 0.251 e. The van der Waals surface area contributed by atoms with Gasteiger partial charge in [0.1, 0.15) is 23.2 Å². The van der Waals surface area contributed by atoms with Crippen molar-refractivity contribution >= 4 is 17.3 Å². The highest BCUT2D eigenvalue weighted by Gasteiger charge is 2.57. The lowest BCUT2D eigenvalue weighted by Crippen LogP contribution is -2.57. The van der Waals surface area contributed by atoms with E-state index in [1.807, 2.05) is 6.92 Å². The summed E-state index contributed by atoms with van der Waals surface area (Å²) in [5.74, 6) is -2.47. The first-order chi connectivity index (χ1) is 17.6. The Balaban J connectivity index is 1.98. The summed E-state index contributed by atoms with van der Waals surface area (Å²) < 4.78 is 55.6. The number of methoxy groups -OCH3 is 1. The molecule has 1 aliphatic rings. The standard InChI is InChI=1S/C28H30F3N3O3/c1-6-19-9-12-24(37-19)25-26(20-10-7-17(2)15-21(20)30)32-34(23-11-8-18(29)16-22(23)31)28(25,3)27(35)33(4)13-14-36-5/h7-12,15-16,25H,6,13-14H2,1-5H3. The largest absolute Gasteiger partial charge is 0.465 e. The van der Waals surface area contributed by atoms with Gasteiger partial charge in [-0.15, -0.1) is 0 Å². The molecule has 0 fully saturated rings. The summed E-state index contributed by atoms with van der Waals surface area (Å²) in [7, 11) is 3.13. The van der Waals surface area contributed by atoms with Gasteiger partial charge in [0, 0.05) is 38.8 Å². The van der Waals surface area contributed by atoms with Crippen molar-refractivity contribution in [3.05, 3.63) is 88.6 Å². The zero-order chi connectivity index (χ0) is 26.9. The van der Waals surface area contributed by atoms with Gasteiger partial charge in [-0.05, 0) is 55.8 Å². The summed E-state index contributed by atoms with van der Waals surface area (Å²) in [6, 6.07) is 11.3. The van der Waals surface area contributed by atoms with E-state index >= 15 is 8.78 Å². The minimum atomic E-state index is -1.59. The predicted octanol–water partition coefficient (Wildman–Crippen LogP) is 5.44. The molecule has 6 nitrogen and oxygen atoms in total. The lowest BCUT2D eigenvalue weighted by atomic mass is 9.77. The number of nitrogens with zero attached hydrogens (tertiary/aromatic N) is 3. The van der Waals surface area contributed by atoms with Crippen LogP contribution in [0.1, 0.15) is 42.4 Å². The molecule has 1 amide bonds. The zero-order valence-electron chi connectivity index (χ0n) is 21.5. The third-order valence-electron chi connectivity index (χ3n) is 6.75. The molecule has 2 atom stereocenters. The van der Waals surface area contributed by atoms with Crippen LogP contribution in [0, 0.1) is 24.4 Å². The number of benzene rings is 2. The van der Waals surface area contributed by atoms with Crippen LogP contribution in [0.25, 0.3) is 0 Å². The highest BCUT2D eigenvalue weighted by atomic mass is 19.1. The lowest BCUT2D eigenvalue weighted by molar-refractivity contribution is -0.136. The SMILES string of the molecule is CCc1ccc(C2C(c3ccc(C)cc3F)=NN(c3ccc(F)cc3F)C2(C)C(=O)N(C)CCOC)o1. The van der Waals surface area contributed by atoms with Crippen molar-refractivity contribution in [2.45, 2.75) is 38.6 Å². The number of amides is 1. The number of likely N-dealkylation sites (N-methyl/N-ethyl adjacent to an activating group) is 1. The van der Waals surface area contributed by atoms with Crippen LogP contribution >= 0.6 is 0 Å². The second-order valence-corrected chi connectivity index (χ2v) is 9.33. The molecular weight excluding hydrogens is 483 g/mol. The van der Waals surface area contributed by atoms with Crippen molar-refractivity contribution in [1.29, 1.82) is 0 Å². The van der Waals surface area contributed by atoms with E-state index in [-0.39, 0.29) is 30.1 Å². The second-order valence-electron chi connectivity index (χ2n) is 9.33. The van der Waals surface area contributed by atoms with Crippen LogP contribution in [-0.4, -0.2) is 49.4 Å². The Kier molecular flexibility index (Phi) is 7.45. The fourth-order valence-corrected chi connectivity index (χ4v) is 4.73. The topological polar surface area (TPSA) is 58.3 Å². The molecule has 196 valence electrons. The van der Waals surface area contributed by atoms with E-state index in [0.29, 0.717) is 23.5 Å². The first kappa shape index (κ1) is 26.5. The molecule has 0 N–H and O–H groups in total. The molecule has 0 saturated heterocycles. The summed E-state index contributed by atoms with van der Waals surface area (Å²) >= 11 is 0. The summed E-state index contributed by atoms with van der Waals surface area (Å²) in [4.78, 5) is 15.6. The monoisotopic (exact) mass is 513 g/mol. The predicted molar refractivity (Wildman–Crippen MR) is 135 cm³/mol. The molecule has 37 heavy (non-hydrogen) atoms. The Hall–Kier alpha value is -3.59. The highest BCUT2D eigenvalue weighted by Crippen LogP contribution is 2.47. The van der Waals surface area contributed by atoms with E-state index in [0.717, 1.165) is 12.1 Å². The minimum absolute atomic E-state index is 0.118. The van der Waals surface area contributed by atoms with Gasteiger partial charge in [-0.1, -0.05) is 13.0 Å². The molecule has 2 unspecified atom stereocenters. The van der Waals surface area contributed by atoms with Gasteiger partial charge in [-0.2, -0.15) is 5.10 Å². The molecule has 1 aliphatic heterocycles. The lowest BCUT2D eigenvalue weighted by Gasteiger charge is -2.39. The number of carbonyl (C=O) groups is 1. The van der Waals surface area contributed by atoms with Crippen LogP contribution in [0.2, 0.25) is 0 Å². The van der Waals surface area contributed by atoms with E-state index in [1.165, 1.54) is 29.2 Å². The Morgan fingerprint density at radius 2 is 1.89 bits per heavy atom. The maximum absolute atomic E-state index is 15.3. The van der Waals surface area contributed by atoms with Crippen molar-refractivity contribution in [2.75, 3.05) is 32.3 Å². The van der Waals surface area contributed by atoms with Crippen molar-refractivity contribution < 1.29 is 27.1 Å². The molecule has 0 radical (unpaired) electrons. The number of rotatable bonds is 8. The average Bonchev–Trinajstić information content (AvgIpc) is 3.44. The van der Waals surface area contributed by atoms with Gasteiger partial charge in [-0.25, -0.2) is 18.2 Å². The van der Waals surface area contributed by atoms with Crippen molar-refractivity contribution in [3.63, 3.8) is 0 Å². The van der Waals surface area contributed by atoms with E-state index in [9.17, 15) is 9.18 Å². The highest BCUT2D eigenvalue weighted by molar-refractivity contribution is 6.13. The Morgan fingerprint density at radius 1 is 1.14 bits per heavy atom. The van der Waals surface area contributed by atoms with Gasteiger partial charge in [-0.3, -0.25) is 4.79 Å². The molecule has 0 aliphatic carbocycles. The molecule has 4 rings (SSSR count). The molecule has 2 heterocycles. The fraction of sp³-hybridized carbons (Fsp3) is 0.357. The van der Waals surface area contributed by atoms with Crippen LogP contribution in [0.15, 0.2) is 58.0 Å². The normalized spacial score (nSPS) is 19.3. The zero-order valence-corrected chi connectivity index (χ0v) is 21.5. The molecule has 0 spiro atoms. The number of aryl methyl sites for hydroxylation is 2. The Morgan fingerprint density at radius 3 is 2.51 bits per heavy atom. The van der Waals surface area contributed by atoms with Crippen LogP contribution < -0.4 is 5.01 Å². The van der Waals surface area contributed by atoms with Crippen LogP contribution in [0.4, 0.5) is 18.9 Å². The molecule has 0 bridgehead atoms. The first-order valence-electron chi connectivity index (χ1n) is 12.0. The van der Waals surface area contributed by atoms with Gasteiger partial charge in [0.05, 0.1) is 23.9 Å². The van der Waals surface area contributed by atoms with Crippen molar-refractivity contribution in [1.82, 2.24) is 4.90 Å². The summed E-state index contributed by atoms with van der Waals surface area (Å²) in [6.45, 7) is 5.83. The van der Waals surface area contributed by atoms with Gasteiger partial charge >= 0.3 is 0 Å².